The number of aromatic nitrogens is 1. The summed E-state index contributed by atoms with van der Waals surface area (Å²) >= 11 is 1.93. The molecule has 3 aliphatic heterocycles. The minimum Gasteiger partial charge on any atom is -0.348 e. The lowest BCUT2D eigenvalue weighted by atomic mass is 9.79. The molecule has 4 nitrogen and oxygen atoms in total. The number of thiazole rings is 1. The van der Waals surface area contributed by atoms with Crippen molar-refractivity contribution in [3.8, 4) is 0 Å². The molecule has 1 aliphatic carbocycles. The molecule has 4 fully saturated rings. The van der Waals surface area contributed by atoms with Crippen LogP contribution in [0.1, 0.15) is 49.8 Å². The topological polar surface area (TPSA) is 22.6 Å². The highest BCUT2D eigenvalue weighted by Crippen LogP contribution is 2.41. The van der Waals surface area contributed by atoms with Crippen LogP contribution in [0.25, 0.3) is 0 Å². The predicted molar refractivity (Wildman–Crippen MR) is 104 cm³/mol. The number of piperidine rings is 1. The van der Waals surface area contributed by atoms with E-state index >= 15 is 0 Å². The average molecular weight is 361 g/mol. The maximum Gasteiger partial charge on any atom is 0.185 e. The Morgan fingerprint density at radius 1 is 1.00 bits per heavy atom. The largest absolute Gasteiger partial charge is 0.348 e. The lowest BCUT2D eigenvalue weighted by Gasteiger charge is -2.40. The van der Waals surface area contributed by atoms with Crippen LogP contribution in [0.5, 0.6) is 0 Å². The van der Waals surface area contributed by atoms with E-state index < -0.39 is 0 Å². The van der Waals surface area contributed by atoms with E-state index in [4.69, 9.17) is 4.98 Å². The second kappa shape index (κ2) is 6.82. The third kappa shape index (κ3) is 3.74. The summed E-state index contributed by atoms with van der Waals surface area (Å²) in [5.41, 5.74) is 0.593. The molecular formula is C20H32N4S. The van der Waals surface area contributed by atoms with Crippen molar-refractivity contribution in [2.45, 2.75) is 51.5 Å². The van der Waals surface area contributed by atoms with Gasteiger partial charge in [0.2, 0.25) is 0 Å². The number of nitrogens with zero attached hydrogens (tertiary/aromatic N) is 4. The molecule has 0 amide bonds. The first-order valence-electron chi connectivity index (χ1n) is 10.4. The Hall–Kier alpha value is -0.650. The van der Waals surface area contributed by atoms with Gasteiger partial charge in [0.05, 0.1) is 0 Å². The maximum atomic E-state index is 4.71. The molecule has 4 aliphatic rings. The Morgan fingerprint density at radius 2 is 1.84 bits per heavy atom. The van der Waals surface area contributed by atoms with E-state index in [1.54, 1.807) is 0 Å². The van der Waals surface area contributed by atoms with Crippen LogP contribution in [-0.2, 0) is 6.54 Å². The molecular weight excluding hydrogens is 328 g/mol. The van der Waals surface area contributed by atoms with Gasteiger partial charge in [0.15, 0.2) is 5.13 Å². The molecule has 5 heteroatoms. The number of likely N-dealkylation sites (tertiary alicyclic amines) is 2. The van der Waals surface area contributed by atoms with Crippen LogP contribution in [0.2, 0.25) is 0 Å². The van der Waals surface area contributed by atoms with Gasteiger partial charge in [0.1, 0.15) is 0 Å². The number of anilines is 1. The summed E-state index contributed by atoms with van der Waals surface area (Å²) < 4.78 is 0. The fourth-order valence-electron chi connectivity index (χ4n) is 5.27. The molecule has 1 atom stereocenters. The third-order valence-electron chi connectivity index (χ3n) is 6.77. The quantitative estimate of drug-likeness (QED) is 0.802. The summed E-state index contributed by atoms with van der Waals surface area (Å²) in [6, 6.07) is 0. The van der Waals surface area contributed by atoms with Gasteiger partial charge in [-0.05, 0) is 69.4 Å². The van der Waals surface area contributed by atoms with Gasteiger partial charge in [-0.2, -0.15) is 0 Å². The molecule has 4 heterocycles. The summed E-state index contributed by atoms with van der Waals surface area (Å²) in [4.78, 5) is 14.1. The first-order valence-corrected chi connectivity index (χ1v) is 11.2. The van der Waals surface area contributed by atoms with Crippen LogP contribution in [0, 0.1) is 11.3 Å². The molecule has 1 aromatic rings. The molecule has 0 bridgehead atoms. The summed E-state index contributed by atoms with van der Waals surface area (Å²) in [6.07, 6.45) is 12.1. The van der Waals surface area contributed by atoms with Crippen LogP contribution in [0.3, 0.4) is 0 Å². The number of hydrogen-bond donors (Lipinski definition) is 0. The molecule has 25 heavy (non-hydrogen) atoms. The second-order valence-electron chi connectivity index (χ2n) is 9.05. The van der Waals surface area contributed by atoms with Gasteiger partial charge < -0.3 is 9.80 Å². The van der Waals surface area contributed by atoms with Gasteiger partial charge in [-0.1, -0.05) is 0 Å². The Balaban J connectivity index is 1.17. The van der Waals surface area contributed by atoms with Crippen LogP contribution in [-0.4, -0.2) is 60.6 Å². The fraction of sp³-hybridized carbons (Fsp3) is 0.850. The van der Waals surface area contributed by atoms with E-state index in [1.165, 1.54) is 101 Å². The fourth-order valence-corrected chi connectivity index (χ4v) is 6.28. The Kier molecular flexibility index (Phi) is 4.51. The summed E-state index contributed by atoms with van der Waals surface area (Å²) in [7, 11) is 0. The van der Waals surface area contributed by atoms with E-state index in [0.717, 1.165) is 12.5 Å². The summed E-state index contributed by atoms with van der Waals surface area (Å²) in [6.45, 7) is 10.2. The van der Waals surface area contributed by atoms with Crippen molar-refractivity contribution < 1.29 is 0 Å². The lowest BCUT2D eigenvalue weighted by molar-refractivity contribution is 0.0885. The molecule has 0 N–H and O–H groups in total. The van der Waals surface area contributed by atoms with E-state index in [9.17, 15) is 0 Å². The van der Waals surface area contributed by atoms with Gasteiger partial charge in [-0.15, -0.1) is 11.3 Å². The zero-order valence-electron chi connectivity index (χ0n) is 15.5. The van der Waals surface area contributed by atoms with Crippen molar-refractivity contribution in [3.63, 3.8) is 0 Å². The smallest absolute Gasteiger partial charge is 0.185 e. The second-order valence-corrected chi connectivity index (χ2v) is 10.1. The number of rotatable bonds is 5. The molecule has 0 radical (unpaired) electrons. The normalized spacial score (nSPS) is 31.4. The molecule has 1 aromatic heterocycles. The van der Waals surface area contributed by atoms with Crippen LogP contribution in [0.4, 0.5) is 5.13 Å². The highest BCUT2D eigenvalue weighted by atomic mass is 32.1. The standard InChI is InChI=1S/C20H32N4S/c1-2-10-24(9-1)19-21-12-18(25-19)14-23-11-7-20(16-23)6-3-8-22(15-20)13-17-4-5-17/h12,17H,1-11,13-16H2. The van der Waals surface area contributed by atoms with Crippen LogP contribution >= 0.6 is 11.3 Å². The molecule has 138 valence electrons. The predicted octanol–water partition coefficient (Wildman–Crippen LogP) is 3.44. The van der Waals surface area contributed by atoms with Crippen molar-refractivity contribution in [3.05, 3.63) is 11.1 Å². The average Bonchev–Trinajstić information content (AvgIpc) is 3.04. The zero-order chi connectivity index (χ0) is 16.7. The highest BCUT2D eigenvalue weighted by Gasteiger charge is 2.42. The van der Waals surface area contributed by atoms with Crippen molar-refractivity contribution in [2.75, 3.05) is 50.7 Å². The minimum atomic E-state index is 0.593. The Labute approximate surface area is 156 Å². The molecule has 1 saturated carbocycles. The third-order valence-corrected chi connectivity index (χ3v) is 7.81. The van der Waals surface area contributed by atoms with E-state index in [-0.39, 0.29) is 0 Å². The Bertz CT molecular complexity index is 592. The maximum absolute atomic E-state index is 4.71. The van der Waals surface area contributed by atoms with Gasteiger partial charge in [0.25, 0.3) is 0 Å². The minimum absolute atomic E-state index is 0.593. The first-order chi connectivity index (χ1) is 12.3. The van der Waals surface area contributed by atoms with Gasteiger partial charge in [0, 0.05) is 50.3 Å². The first kappa shape index (κ1) is 16.5. The molecule has 1 unspecified atom stereocenters. The van der Waals surface area contributed by atoms with Gasteiger partial charge in [-0.25, -0.2) is 4.98 Å². The van der Waals surface area contributed by atoms with Crippen LogP contribution in [0.15, 0.2) is 6.20 Å². The van der Waals surface area contributed by atoms with Crippen molar-refractivity contribution >= 4 is 16.5 Å². The Morgan fingerprint density at radius 3 is 2.68 bits per heavy atom. The van der Waals surface area contributed by atoms with E-state index in [1.807, 2.05) is 11.3 Å². The van der Waals surface area contributed by atoms with E-state index in [2.05, 4.69) is 20.9 Å². The van der Waals surface area contributed by atoms with E-state index in [0.29, 0.717) is 5.41 Å². The lowest BCUT2D eigenvalue weighted by Crippen LogP contribution is -2.45. The number of hydrogen-bond acceptors (Lipinski definition) is 5. The van der Waals surface area contributed by atoms with Gasteiger partial charge >= 0.3 is 0 Å². The van der Waals surface area contributed by atoms with Crippen LogP contribution < -0.4 is 4.90 Å². The summed E-state index contributed by atoms with van der Waals surface area (Å²) in [5, 5.41) is 1.26. The molecule has 3 saturated heterocycles. The highest BCUT2D eigenvalue weighted by molar-refractivity contribution is 7.15. The van der Waals surface area contributed by atoms with Gasteiger partial charge in [-0.3, -0.25) is 4.90 Å². The van der Waals surface area contributed by atoms with Crippen molar-refractivity contribution in [1.82, 2.24) is 14.8 Å². The van der Waals surface area contributed by atoms with Crippen molar-refractivity contribution in [2.24, 2.45) is 11.3 Å². The molecule has 5 rings (SSSR count). The molecule has 0 aromatic carbocycles. The molecule has 1 spiro atoms. The zero-order valence-corrected chi connectivity index (χ0v) is 16.3. The SMILES string of the molecule is c1nc(N2CCCC2)sc1CN1CCC2(CCCN(CC3CC3)C2)C1. The van der Waals surface area contributed by atoms with Crippen molar-refractivity contribution in [1.29, 1.82) is 0 Å². The monoisotopic (exact) mass is 360 g/mol. The summed E-state index contributed by atoms with van der Waals surface area (Å²) in [5.74, 6) is 1.04.